The Morgan fingerprint density at radius 3 is 2.65 bits per heavy atom. The molecule has 0 fully saturated rings. The summed E-state index contributed by atoms with van der Waals surface area (Å²) in [5, 5.41) is 24.0. The Morgan fingerprint density at radius 2 is 1.96 bits per heavy atom. The second-order valence-electron chi connectivity index (χ2n) is 5.32. The molecular weight excluding hydrogens is 338 g/mol. The van der Waals surface area contributed by atoms with Crippen LogP contribution in [0.4, 0.5) is 10.6 Å². The van der Waals surface area contributed by atoms with Crippen molar-refractivity contribution in [1.82, 2.24) is 20.3 Å². The number of nitrogens with zero attached hydrogens (tertiary/aromatic N) is 3. The number of aromatic nitrogens is 3. The molecule has 2 heterocycles. The SMILES string of the molecule is CCNC(=O)Nc1cnc2ccc(-c3ccc(C(=O)O)c(O)c3)nc2n1. The molecule has 26 heavy (non-hydrogen) atoms. The quantitative estimate of drug-likeness (QED) is 0.564. The van der Waals surface area contributed by atoms with Crippen LogP contribution in [0.1, 0.15) is 17.3 Å². The molecule has 0 aliphatic rings. The summed E-state index contributed by atoms with van der Waals surface area (Å²) >= 11 is 0. The Morgan fingerprint density at radius 1 is 1.15 bits per heavy atom. The average molecular weight is 353 g/mol. The van der Waals surface area contributed by atoms with E-state index in [1.165, 1.54) is 18.3 Å². The molecule has 0 saturated carbocycles. The number of carbonyl (C=O) groups is 2. The molecule has 9 nitrogen and oxygen atoms in total. The van der Waals surface area contributed by atoms with Crippen molar-refractivity contribution in [3.63, 3.8) is 0 Å². The number of hydrogen-bond acceptors (Lipinski definition) is 6. The summed E-state index contributed by atoms with van der Waals surface area (Å²) in [6.45, 7) is 2.27. The molecule has 9 heteroatoms. The van der Waals surface area contributed by atoms with E-state index in [1.54, 1.807) is 25.1 Å². The number of carboxylic acid groups (broad SMARTS) is 1. The van der Waals surface area contributed by atoms with Gasteiger partial charge >= 0.3 is 12.0 Å². The van der Waals surface area contributed by atoms with E-state index in [0.717, 1.165) is 0 Å². The first-order valence-corrected chi connectivity index (χ1v) is 7.73. The van der Waals surface area contributed by atoms with Gasteiger partial charge in [-0.1, -0.05) is 6.07 Å². The first kappa shape index (κ1) is 17.1. The highest BCUT2D eigenvalue weighted by atomic mass is 16.4. The number of amides is 2. The highest BCUT2D eigenvalue weighted by Gasteiger charge is 2.12. The zero-order valence-corrected chi connectivity index (χ0v) is 13.7. The molecular formula is C17H15N5O4. The number of aromatic carboxylic acids is 1. The monoisotopic (exact) mass is 353 g/mol. The number of hydrogen-bond donors (Lipinski definition) is 4. The average Bonchev–Trinajstić information content (AvgIpc) is 2.61. The highest BCUT2D eigenvalue weighted by Crippen LogP contribution is 2.26. The summed E-state index contributed by atoms with van der Waals surface area (Å²) in [6, 6.07) is 7.15. The number of benzene rings is 1. The summed E-state index contributed by atoms with van der Waals surface area (Å²) in [7, 11) is 0. The second-order valence-corrected chi connectivity index (χ2v) is 5.32. The van der Waals surface area contributed by atoms with Crippen LogP contribution >= 0.6 is 0 Å². The van der Waals surface area contributed by atoms with Crippen molar-refractivity contribution in [2.24, 2.45) is 0 Å². The van der Waals surface area contributed by atoms with E-state index in [1.807, 2.05) is 0 Å². The maximum Gasteiger partial charge on any atom is 0.339 e. The molecule has 0 aliphatic heterocycles. The van der Waals surface area contributed by atoms with Gasteiger partial charge in [0.2, 0.25) is 0 Å². The number of nitrogens with one attached hydrogen (secondary N) is 2. The normalized spacial score (nSPS) is 10.5. The molecule has 2 amide bonds. The van der Waals surface area contributed by atoms with E-state index in [9.17, 15) is 14.7 Å². The summed E-state index contributed by atoms with van der Waals surface area (Å²) in [6.07, 6.45) is 1.42. The number of rotatable bonds is 4. The Labute approximate surface area is 147 Å². The van der Waals surface area contributed by atoms with Crippen molar-refractivity contribution < 1.29 is 19.8 Å². The van der Waals surface area contributed by atoms with Crippen molar-refractivity contribution in [2.45, 2.75) is 6.92 Å². The van der Waals surface area contributed by atoms with Crippen LogP contribution in [0, 0.1) is 0 Å². The Bertz CT molecular complexity index is 1010. The van der Waals surface area contributed by atoms with Gasteiger partial charge in [-0.15, -0.1) is 0 Å². The molecule has 3 rings (SSSR count). The van der Waals surface area contributed by atoms with E-state index >= 15 is 0 Å². The smallest absolute Gasteiger partial charge is 0.339 e. The predicted molar refractivity (Wildman–Crippen MR) is 94.1 cm³/mol. The molecule has 0 atom stereocenters. The topological polar surface area (TPSA) is 137 Å². The van der Waals surface area contributed by atoms with Gasteiger partial charge in [0.05, 0.1) is 11.9 Å². The summed E-state index contributed by atoms with van der Waals surface area (Å²) in [4.78, 5) is 35.4. The number of carbonyl (C=O) groups excluding carboxylic acids is 1. The van der Waals surface area contributed by atoms with Crippen LogP contribution in [-0.4, -0.2) is 43.7 Å². The second kappa shape index (κ2) is 7.01. The highest BCUT2D eigenvalue weighted by molar-refractivity contribution is 5.92. The van der Waals surface area contributed by atoms with Gasteiger partial charge in [-0.2, -0.15) is 0 Å². The summed E-state index contributed by atoms with van der Waals surface area (Å²) in [5.41, 5.74) is 1.65. The van der Waals surface area contributed by atoms with Crippen LogP contribution < -0.4 is 10.6 Å². The number of carboxylic acids is 1. The third kappa shape index (κ3) is 3.51. The lowest BCUT2D eigenvalue weighted by molar-refractivity contribution is 0.0693. The van der Waals surface area contributed by atoms with Crippen molar-refractivity contribution in [1.29, 1.82) is 0 Å². The number of fused-ring (bicyclic) bond motifs is 1. The first-order valence-electron chi connectivity index (χ1n) is 7.73. The minimum Gasteiger partial charge on any atom is -0.507 e. The van der Waals surface area contributed by atoms with Gasteiger partial charge in [-0.25, -0.2) is 24.5 Å². The Balaban J connectivity index is 1.96. The first-order chi connectivity index (χ1) is 12.5. The van der Waals surface area contributed by atoms with Crippen LogP contribution in [-0.2, 0) is 0 Å². The van der Waals surface area contributed by atoms with Crippen molar-refractivity contribution in [3.05, 3.63) is 42.1 Å². The fraction of sp³-hybridized carbons (Fsp3) is 0.118. The van der Waals surface area contributed by atoms with Crippen molar-refractivity contribution in [3.8, 4) is 17.0 Å². The van der Waals surface area contributed by atoms with Crippen LogP contribution in [0.2, 0.25) is 0 Å². The molecule has 0 bridgehead atoms. The van der Waals surface area contributed by atoms with E-state index in [-0.39, 0.29) is 17.1 Å². The molecule has 0 unspecified atom stereocenters. The standard InChI is InChI=1S/C17H15N5O4/c1-2-18-17(26)22-14-8-19-12-6-5-11(20-15(12)21-14)9-3-4-10(16(24)25)13(23)7-9/h3-8,23H,2H2,1H3,(H,24,25)(H2,18,20,21,22,26). The van der Waals surface area contributed by atoms with Gasteiger partial charge < -0.3 is 15.5 Å². The van der Waals surface area contributed by atoms with E-state index in [0.29, 0.717) is 29.0 Å². The maximum atomic E-state index is 11.6. The van der Waals surface area contributed by atoms with Crippen LogP contribution in [0.3, 0.4) is 0 Å². The van der Waals surface area contributed by atoms with Crippen LogP contribution in [0.25, 0.3) is 22.4 Å². The number of pyridine rings is 1. The number of aromatic hydroxyl groups is 1. The molecule has 0 spiro atoms. The molecule has 1 aromatic carbocycles. The molecule has 2 aromatic heterocycles. The van der Waals surface area contributed by atoms with Gasteiger partial charge in [0.25, 0.3) is 0 Å². The zero-order valence-electron chi connectivity index (χ0n) is 13.7. The number of urea groups is 1. The fourth-order valence-corrected chi connectivity index (χ4v) is 2.31. The van der Waals surface area contributed by atoms with Gasteiger partial charge in [0.1, 0.15) is 16.8 Å². The predicted octanol–water partition coefficient (Wildman–Crippen LogP) is 2.24. The fourth-order valence-electron chi connectivity index (χ4n) is 2.31. The lowest BCUT2D eigenvalue weighted by Gasteiger charge is -2.07. The molecule has 4 N–H and O–H groups in total. The van der Waals surface area contributed by atoms with E-state index < -0.39 is 12.0 Å². The minimum absolute atomic E-state index is 0.192. The third-order valence-electron chi connectivity index (χ3n) is 3.51. The zero-order chi connectivity index (χ0) is 18.7. The molecule has 132 valence electrons. The van der Waals surface area contributed by atoms with Gasteiger partial charge in [0.15, 0.2) is 11.5 Å². The largest absolute Gasteiger partial charge is 0.507 e. The molecule has 0 aliphatic carbocycles. The number of anilines is 1. The minimum atomic E-state index is -1.22. The van der Waals surface area contributed by atoms with Gasteiger partial charge in [0, 0.05) is 12.1 Å². The maximum absolute atomic E-state index is 11.6. The molecule has 0 radical (unpaired) electrons. The van der Waals surface area contributed by atoms with Gasteiger partial charge in [-0.05, 0) is 31.2 Å². The Hall–Kier alpha value is -3.75. The van der Waals surface area contributed by atoms with Gasteiger partial charge in [-0.3, -0.25) is 5.32 Å². The third-order valence-corrected chi connectivity index (χ3v) is 3.51. The van der Waals surface area contributed by atoms with Crippen LogP contribution in [0.15, 0.2) is 36.5 Å². The van der Waals surface area contributed by atoms with Crippen molar-refractivity contribution in [2.75, 3.05) is 11.9 Å². The molecule has 3 aromatic rings. The Kier molecular flexibility index (Phi) is 4.61. The van der Waals surface area contributed by atoms with E-state index in [2.05, 4.69) is 25.6 Å². The number of phenols is 1. The van der Waals surface area contributed by atoms with Crippen molar-refractivity contribution >= 4 is 29.0 Å². The van der Waals surface area contributed by atoms with E-state index in [4.69, 9.17) is 5.11 Å². The lowest BCUT2D eigenvalue weighted by atomic mass is 10.1. The van der Waals surface area contributed by atoms with Crippen LogP contribution in [0.5, 0.6) is 5.75 Å². The molecule has 0 saturated heterocycles. The lowest BCUT2D eigenvalue weighted by Crippen LogP contribution is -2.28. The summed E-state index contributed by atoms with van der Waals surface area (Å²) < 4.78 is 0. The summed E-state index contributed by atoms with van der Waals surface area (Å²) in [5.74, 6) is -1.32.